The molecule has 0 saturated carbocycles. The third-order valence-corrected chi connectivity index (χ3v) is 3.13. The average Bonchev–Trinajstić information content (AvgIpc) is 2.38. The summed E-state index contributed by atoms with van der Waals surface area (Å²) in [4.78, 5) is 6.80. The van der Waals surface area contributed by atoms with Gasteiger partial charge in [-0.3, -0.25) is 9.88 Å². The molecule has 0 saturated heterocycles. The number of pyridine rings is 1. The van der Waals surface area contributed by atoms with Gasteiger partial charge in [0.15, 0.2) is 0 Å². The van der Waals surface area contributed by atoms with Crippen LogP contribution in [0.1, 0.15) is 12.5 Å². The van der Waals surface area contributed by atoms with E-state index >= 15 is 0 Å². The first-order chi connectivity index (χ1) is 8.35. The molecule has 0 radical (unpaired) electrons. The van der Waals surface area contributed by atoms with Crippen molar-refractivity contribution in [3.63, 3.8) is 0 Å². The van der Waals surface area contributed by atoms with Crippen LogP contribution in [0.15, 0.2) is 36.5 Å². The number of halogens is 1. The van der Waals surface area contributed by atoms with Crippen molar-refractivity contribution in [3.8, 4) is 0 Å². The molecule has 0 aliphatic rings. The van der Waals surface area contributed by atoms with Gasteiger partial charge < -0.3 is 0 Å². The Morgan fingerprint density at radius 3 is 2.82 bits per heavy atom. The highest BCUT2D eigenvalue weighted by molar-refractivity contribution is 6.18. The molecule has 1 heterocycles. The molecular weight excluding hydrogens is 232 g/mol. The van der Waals surface area contributed by atoms with Gasteiger partial charge in [-0.15, -0.1) is 11.6 Å². The quantitative estimate of drug-likeness (QED) is 0.755. The summed E-state index contributed by atoms with van der Waals surface area (Å²) in [5, 5.41) is 1.20. The van der Waals surface area contributed by atoms with Crippen LogP contribution in [-0.4, -0.2) is 28.9 Å². The van der Waals surface area contributed by atoms with Gasteiger partial charge in [0.25, 0.3) is 0 Å². The third-order valence-electron chi connectivity index (χ3n) is 2.96. The van der Waals surface area contributed by atoms with Crippen LogP contribution in [-0.2, 0) is 6.54 Å². The zero-order chi connectivity index (χ0) is 12.1. The second-order valence-electron chi connectivity index (χ2n) is 4.05. The van der Waals surface area contributed by atoms with Gasteiger partial charge in [0.05, 0.1) is 5.52 Å². The fourth-order valence-corrected chi connectivity index (χ4v) is 2.24. The van der Waals surface area contributed by atoms with Crippen molar-refractivity contribution in [2.75, 3.05) is 19.0 Å². The molecule has 2 rings (SSSR count). The molecule has 2 nitrogen and oxygen atoms in total. The number of para-hydroxylation sites is 1. The molecule has 0 aliphatic carbocycles. The largest absolute Gasteiger partial charge is 0.298 e. The normalized spacial score (nSPS) is 11.2. The highest BCUT2D eigenvalue weighted by Crippen LogP contribution is 2.17. The van der Waals surface area contributed by atoms with E-state index in [0.29, 0.717) is 5.88 Å². The molecule has 2 aromatic rings. The van der Waals surface area contributed by atoms with E-state index in [9.17, 15) is 0 Å². The number of nitrogens with zero attached hydrogens (tertiary/aromatic N) is 2. The predicted octanol–water partition coefficient (Wildman–Crippen LogP) is 3.30. The van der Waals surface area contributed by atoms with E-state index in [1.807, 2.05) is 12.3 Å². The van der Waals surface area contributed by atoms with E-state index in [0.717, 1.165) is 25.2 Å². The third kappa shape index (κ3) is 2.96. The zero-order valence-electron chi connectivity index (χ0n) is 10.1. The lowest BCUT2D eigenvalue weighted by Crippen LogP contribution is -2.25. The second-order valence-corrected chi connectivity index (χ2v) is 4.43. The Morgan fingerprint density at radius 1 is 1.24 bits per heavy atom. The predicted molar refractivity (Wildman–Crippen MR) is 73.4 cm³/mol. The number of benzene rings is 1. The first-order valence-corrected chi connectivity index (χ1v) is 6.49. The number of aromatic nitrogens is 1. The lowest BCUT2D eigenvalue weighted by Gasteiger charge is -2.19. The van der Waals surface area contributed by atoms with Gasteiger partial charge in [0, 0.05) is 30.6 Å². The van der Waals surface area contributed by atoms with E-state index in [1.165, 1.54) is 10.9 Å². The number of fused-ring (bicyclic) bond motifs is 1. The maximum Gasteiger partial charge on any atom is 0.0746 e. The van der Waals surface area contributed by atoms with Crippen molar-refractivity contribution in [1.29, 1.82) is 0 Å². The van der Waals surface area contributed by atoms with Gasteiger partial charge in [-0.05, 0) is 18.2 Å². The minimum Gasteiger partial charge on any atom is -0.298 e. The maximum absolute atomic E-state index is 5.80. The van der Waals surface area contributed by atoms with Gasteiger partial charge in [-0.2, -0.15) is 0 Å². The maximum atomic E-state index is 5.80. The Balaban J connectivity index is 2.28. The number of rotatable bonds is 5. The molecule has 90 valence electrons. The summed E-state index contributed by atoms with van der Waals surface area (Å²) < 4.78 is 0. The summed E-state index contributed by atoms with van der Waals surface area (Å²) in [6.07, 6.45) is 1.85. The van der Waals surface area contributed by atoms with Gasteiger partial charge >= 0.3 is 0 Å². The fourth-order valence-electron chi connectivity index (χ4n) is 2.00. The molecule has 0 bridgehead atoms. The van der Waals surface area contributed by atoms with Crippen molar-refractivity contribution in [3.05, 3.63) is 42.1 Å². The smallest absolute Gasteiger partial charge is 0.0746 e. The molecule has 0 unspecified atom stereocenters. The number of hydrogen-bond donors (Lipinski definition) is 0. The second kappa shape index (κ2) is 5.99. The highest BCUT2D eigenvalue weighted by atomic mass is 35.5. The Labute approximate surface area is 107 Å². The molecule has 0 spiro atoms. The van der Waals surface area contributed by atoms with Crippen molar-refractivity contribution in [1.82, 2.24) is 9.88 Å². The topological polar surface area (TPSA) is 16.1 Å². The van der Waals surface area contributed by atoms with Gasteiger partial charge in [0.1, 0.15) is 0 Å². The lowest BCUT2D eigenvalue weighted by molar-refractivity contribution is 0.298. The fraction of sp³-hybridized carbons (Fsp3) is 0.357. The van der Waals surface area contributed by atoms with Crippen LogP contribution in [0.2, 0.25) is 0 Å². The SMILES string of the molecule is CCN(CCCl)Cc1cccc2cccnc12. The van der Waals surface area contributed by atoms with E-state index in [-0.39, 0.29) is 0 Å². The van der Waals surface area contributed by atoms with Crippen LogP contribution < -0.4 is 0 Å². The first-order valence-electron chi connectivity index (χ1n) is 5.96. The monoisotopic (exact) mass is 248 g/mol. The van der Waals surface area contributed by atoms with Crippen LogP contribution in [0.25, 0.3) is 10.9 Å². The van der Waals surface area contributed by atoms with Crippen LogP contribution >= 0.6 is 11.6 Å². The molecule has 0 atom stereocenters. The lowest BCUT2D eigenvalue weighted by atomic mass is 10.1. The molecule has 1 aromatic heterocycles. The van der Waals surface area contributed by atoms with Crippen LogP contribution in [0.3, 0.4) is 0 Å². The molecule has 0 amide bonds. The van der Waals surface area contributed by atoms with E-state index in [2.05, 4.69) is 41.1 Å². The van der Waals surface area contributed by atoms with Crippen LogP contribution in [0, 0.1) is 0 Å². The minimum atomic E-state index is 0.673. The summed E-state index contributed by atoms with van der Waals surface area (Å²) in [7, 11) is 0. The van der Waals surface area contributed by atoms with Crippen molar-refractivity contribution in [2.45, 2.75) is 13.5 Å². The summed E-state index contributed by atoms with van der Waals surface area (Å²) in [6.45, 7) is 5.00. The average molecular weight is 249 g/mol. The molecule has 0 fully saturated rings. The van der Waals surface area contributed by atoms with E-state index in [1.54, 1.807) is 0 Å². The Hall–Kier alpha value is -1.12. The van der Waals surface area contributed by atoms with E-state index < -0.39 is 0 Å². The van der Waals surface area contributed by atoms with Crippen LogP contribution in [0.4, 0.5) is 0 Å². The first kappa shape index (κ1) is 12.3. The molecule has 0 N–H and O–H groups in total. The number of hydrogen-bond acceptors (Lipinski definition) is 2. The standard InChI is InChI=1S/C14H17ClN2/c1-2-17(10-8-15)11-13-6-3-5-12-7-4-9-16-14(12)13/h3-7,9H,2,8,10-11H2,1H3. The molecular formula is C14H17ClN2. The van der Waals surface area contributed by atoms with Gasteiger partial charge in [0.2, 0.25) is 0 Å². The summed E-state index contributed by atoms with van der Waals surface area (Å²) in [5.74, 6) is 0.673. The number of alkyl halides is 1. The van der Waals surface area contributed by atoms with E-state index in [4.69, 9.17) is 11.6 Å². The molecule has 1 aromatic carbocycles. The molecule has 3 heteroatoms. The van der Waals surface area contributed by atoms with Crippen molar-refractivity contribution < 1.29 is 0 Å². The highest BCUT2D eigenvalue weighted by Gasteiger charge is 2.06. The Morgan fingerprint density at radius 2 is 2.06 bits per heavy atom. The zero-order valence-corrected chi connectivity index (χ0v) is 10.8. The van der Waals surface area contributed by atoms with Crippen molar-refractivity contribution in [2.24, 2.45) is 0 Å². The molecule has 0 aliphatic heterocycles. The molecule has 17 heavy (non-hydrogen) atoms. The van der Waals surface area contributed by atoms with Gasteiger partial charge in [-0.1, -0.05) is 31.2 Å². The van der Waals surface area contributed by atoms with Crippen LogP contribution in [0.5, 0.6) is 0 Å². The Kier molecular flexibility index (Phi) is 4.35. The Bertz CT molecular complexity index is 479. The minimum absolute atomic E-state index is 0.673. The summed E-state index contributed by atoms with van der Waals surface area (Å²) >= 11 is 5.80. The summed E-state index contributed by atoms with van der Waals surface area (Å²) in [6, 6.07) is 10.4. The summed E-state index contributed by atoms with van der Waals surface area (Å²) in [5.41, 5.74) is 2.37. The van der Waals surface area contributed by atoms with Gasteiger partial charge in [-0.25, -0.2) is 0 Å². The van der Waals surface area contributed by atoms with Crippen molar-refractivity contribution >= 4 is 22.5 Å².